The SMILES string of the molecule is CC1(C)c2ccccc2-c2ccc3c(oc4c(N5c6ccccc6B6c7ccccc7N(c7cccc8c7oc7ccccc78)c7cccc5c76)cccc43)c21. The molecule has 0 unspecified atom stereocenters. The monoisotopic (exact) mass is 716 g/mol. The van der Waals surface area contributed by atoms with Gasteiger partial charge in [0.05, 0.1) is 11.4 Å². The highest BCUT2D eigenvalue weighted by atomic mass is 16.3. The fourth-order valence-corrected chi connectivity index (χ4v) is 10.5. The van der Waals surface area contributed by atoms with E-state index in [0.29, 0.717) is 0 Å². The van der Waals surface area contributed by atoms with Gasteiger partial charge < -0.3 is 18.6 Å². The van der Waals surface area contributed by atoms with E-state index in [1.54, 1.807) is 0 Å². The van der Waals surface area contributed by atoms with Crippen molar-refractivity contribution in [1.82, 2.24) is 0 Å². The van der Waals surface area contributed by atoms with Gasteiger partial charge in [-0.15, -0.1) is 0 Å². The normalized spacial score (nSPS) is 14.6. The molecule has 0 bridgehead atoms. The zero-order valence-electron chi connectivity index (χ0n) is 30.9. The minimum absolute atomic E-state index is 0.0356. The summed E-state index contributed by atoms with van der Waals surface area (Å²) in [5.74, 6) is 0. The second-order valence-corrected chi connectivity index (χ2v) is 16.0. The summed E-state index contributed by atoms with van der Waals surface area (Å²) in [6.07, 6.45) is 0. The molecule has 0 spiro atoms. The Balaban J connectivity index is 1.08. The lowest BCUT2D eigenvalue weighted by atomic mass is 9.33. The van der Waals surface area contributed by atoms with Gasteiger partial charge in [-0.25, -0.2) is 0 Å². The Morgan fingerprint density at radius 1 is 0.411 bits per heavy atom. The number of rotatable bonds is 2. The first kappa shape index (κ1) is 30.4. The average Bonchev–Trinajstić information content (AvgIpc) is 3.89. The number of anilines is 6. The third-order valence-electron chi connectivity index (χ3n) is 12.8. The fraction of sp³-hybridized carbons (Fsp3) is 0.0588. The van der Waals surface area contributed by atoms with E-state index in [1.807, 2.05) is 6.07 Å². The Morgan fingerprint density at radius 2 is 0.929 bits per heavy atom. The molecule has 0 amide bonds. The molecule has 10 aromatic rings. The number of benzene rings is 8. The number of hydrogen-bond donors (Lipinski definition) is 0. The van der Waals surface area contributed by atoms with Crippen molar-refractivity contribution in [2.75, 3.05) is 9.80 Å². The maximum atomic E-state index is 7.23. The van der Waals surface area contributed by atoms with E-state index in [-0.39, 0.29) is 12.1 Å². The van der Waals surface area contributed by atoms with Crippen LogP contribution in [0.25, 0.3) is 55.0 Å². The van der Waals surface area contributed by atoms with Crippen LogP contribution in [0.1, 0.15) is 25.0 Å². The molecule has 0 saturated heterocycles. The lowest BCUT2D eigenvalue weighted by molar-refractivity contribution is 0.620. The lowest BCUT2D eigenvalue weighted by Gasteiger charge is -2.43. The predicted octanol–water partition coefficient (Wildman–Crippen LogP) is 11.9. The van der Waals surface area contributed by atoms with Gasteiger partial charge in [-0.1, -0.05) is 129 Å². The lowest BCUT2D eigenvalue weighted by Crippen LogP contribution is -2.61. The number of nitrogens with zero attached hydrogens (tertiary/aromatic N) is 2. The van der Waals surface area contributed by atoms with Gasteiger partial charge in [0.1, 0.15) is 11.2 Å². The summed E-state index contributed by atoms with van der Waals surface area (Å²) < 4.78 is 13.9. The van der Waals surface area contributed by atoms with Crippen molar-refractivity contribution in [2.45, 2.75) is 19.3 Å². The van der Waals surface area contributed by atoms with Crippen LogP contribution in [-0.4, -0.2) is 6.71 Å². The summed E-state index contributed by atoms with van der Waals surface area (Å²) in [6, 6.07) is 59.5. The van der Waals surface area contributed by atoms with Gasteiger partial charge in [0.2, 0.25) is 0 Å². The highest BCUT2D eigenvalue weighted by Crippen LogP contribution is 2.54. The van der Waals surface area contributed by atoms with Crippen molar-refractivity contribution in [3.63, 3.8) is 0 Å². The molecule has 5 heteroatoms. The molecule has 56 heavy (non-hydrogen) atoms. The van der Waals surface area contributed by atoms with Gasteiger partial charge >= 0.3 is 0 Å². The Labute approximate surface area is 323 Å². The van der Waals surface area contributed by atoms with Crippen LogP contribution in [0.4, 0.5) is 34.1 Å². The summed E-state index contributed by atoms with van der Waals surface area (Å²) >= 11 is 0. The molecule has 0 fully saturated rings. The van der Waals surface area contributed by atoms with Gasteiger partial charge in [0.15, 0.2) is 11.2 Å². The van der Waals surface area contributed by atoms with Crippen molar-refractivity contribution in [2.24, 2.45) is 0 Å². The van der Waals surface area contributed by atoms with Crippen molar-refractivity contribution in [3.05, 3.63) is 175 Å². The molecular formula is C51H33BN2O2. The van der Waals surface area contributed by atoms with Crippen molar-refractivity contribution in [1.29, 1.82) is 0 Å². The Hall–Kier alpha value is -6.98. The molecule has 0 radical (unpaired) electrons. The molecule has 8 aromatic carbocycles. The summed E-state index contributed by atoms with van der Waals surface area (Å²) in [5, 5.41) is 4.52. The number of hydrogen-bond acceptors (Lipinski definition) is 4. The molecule has 4 nitrogen and oxygen atoms in total. The fourth-order valence-electron chi connectivity index (χ4n) is 10.5. The zero-order valence-corrected chi connectivity index (χ0v) is 30.9. The molecule has 262 valence electrons. The number of fused-ring (bicyclic) bond motifs is 14. The highest BCUT2D eigenvalue weighted by Gasteiger charge is 2.44. The zero-order chi connectivity index (χ0) is 36.9. The summed E-state index contributed by atoms with van der Waals surface area (Å²) in [4.78, 5) is 4.87. The summed E-state index contributed by atoms with van der Waals surface area (Å²) in [6.45, 7) is 4.70. The van der Waals surface area contributed by atoms with Crippen LogP contribution in [0.15, 0.2) is 173 Å². The molecule has 0 N–H and O–H groups in total. The van der Waals surface area contributed by atoms with Crippen LogP contribution in [0, 0.1) is 0 Å². The van der Waals surface area contributed by atoms with E-state index in [9.17, 15) is 0 Å². The van der Waals surface area contributed by atoms with E-state index < -0.39 is 0 Å². The van der Waals surface area contributed by atoms with Gasteiger partial charge in [0, 0.05) is 55.3 Å². The minimum atomic E-state index is -0.192. The van der Waals surface area contributed by atoms with Gasteiger partial charge in [0.25, 0.3) is 6.71 Å². The Kier molecular flexibility index (Phi) is 5.76. The molecule has 0 saturated carbocycles. The third-order valence-corrected chi connectivity index (χ3v) is 12.8. The Bertz CT molecular complexity index is 3330. The molecule has 3 aliphatic rings. The van der Waals surface area contributed by atoms with E-state index in [2.05, 4.69) is 181 Å². The second kappa shape index (κ2) is 10.6. The van der Waals surface area contributed by atoms with Crippen LogP contribution in [0.5, 0.6) is 0 Å². The number of furan rings is 2. The molecule has 13 rings (SSSR count). The number of para-hydroxylation sites is 5. The van der Waals surface area contributed by atoms with Crippen LogP contribution >= 0.6 is 0 Å². The smallest absolute Gasteiger partial charge is 0.252 e. The quantitative estimate of drug-likeness (QED) is 0.167. The molecule has 0 atom stereocenters. The van der Waals surface area contributed by atoms with E-state index in [1.165, 1.54) is 38.6 Å². The van der Waals surface area contributed by atoms with E-state index >= 15 is 0 Å². The predicted molar refractivity (Wildman–Crippen MR) is 233 cm³/mol. The van der Waals surface area contributed by atoms with Crippen molar-refractivity contribution >= 4 is 101 Å². The van der Waals surface area contributed by atoms with Crippen LogP contribution in [0.2, 0.25) is 0 Å². The van der Waals surface area contributed by atoms with Gasteiger partial charge in [-0.05, 0) is 81.6 Å². The molecule has 1 aliphatic carbocycles. The maximum absolute atomic E-state index is 7.23. The average molecular weight is 717 g/mol. The second-order valence-electron chi connectivity index (χ2n) is 16.0. The first-order valence-corrected chi connectivity index (χ1v) is 19.5. The third kappa shape index (κ3) is 3.70. The first-order valence-electron chi connectivity index (χ1n) is 19.5. The van der Waals surface area contributed by atoms with Gasteiger partial charge in [-0.3, -0.25) is 0 Å². The van der Waals surface area contributed by atoms with E-state index in [0.717, 1.165) is 78.0 Å². The highest BCUT2D eigenvalue weighted by molar-refractivity contribution is 7.00. The summed E-state index contributed by atoms with van der Waals surface area (Å²) in [5.41, 5.74) is 19.1. The van der Waals surface area contributed by atoms with Crippen LogP contribution in [0.3, 0.4) is 0 Å². The molecule has 4 heterocycles. The van der Waals surface area contributed by atoms with Gasteiger partial charge in [-0.2, -0.15) is 0 Å². The maximum Gasteiger partial charge on any atom is 0.252 e. The van der Waals surface area contributed by atoms with Crippen molar-refractivity contribution in [3.8, 4) is 11.1 Å². The minimum Gasteiger partial charge on any atom is -0.454 e. The first-order chi connectivity index (χ1) is 27.6. The standard InChI is InChI=1S/C51H33BN2O2/c1-51(2)36-18-5-3-14-30(36)32-28-29-35-34-17-12-26-44(49(34)56-50(35)46(32)51)54-40-22-9-7-20-38(40)52-37-19-6-8-21-39(37)53(41-23-13-24-42(54)47(41)52)43-25-11-16-33-31-15-4-10-27-45(31)55-48(33)43/h3-29H,1-2H3. The van der Waals surface area contributed by atoms with E-state index in [4.69, 9.17) is 8.83 Å². The molecule has 2 aromatic heterocycles. The molecule has 2 aliphatic heterocycles. The topological polar surface area (TPSA) is 32.8 Å². The van der Waals surface area contributed by atoms with Crippen LogP contribution < -0.4 is 26.2 Å². The van der Waals surface area contributed by atoms with Crippen LogP contribution in [-0.2, 0) is 5.41 Å². The Morgan fingerprint density at radius 3 is 1.66 bits per heavy atom. The van der Waals surface area contributed by atoms with Crippen molar-refractivity contribution < 1.29 is 8.83 Å². The largest absolute Gasteiger partial charge is 0.454 e. The molecular weight excluding hydrogens is 683 g/mol. The summed E-state index contributed by atoms with van der Waals surface area (Å²) in [7, 11) is 0.